The van der Waals surface area contributed by atoms with Crippen molar-refractivity contribution in [2.24, 2.45) is 0 Å². The Morgan fingerprint density at radius 2 is 1.89 bits per heavy atom. The van der Waals surface area contributed by atoms with Crippen molar-refractivity contribution in [1.82, 2.24) is 0 Å². The van der Waals surface area contributed by atoms with E-state index in [9.17, 15) is 32.6 Å². The summed E-state index contributed by atoms with van der Waals surface area (Å²) in [5.41, 5.74) is -0.649. The second kappa shape index (κ2) is 7.65. The number of nitrogens with one attached hydrogen (secondary N) is 1. The van der Waals surface area contributed by atoms with E-state index in [4.69, 9.17) is 0 Å². The molecule has 0 aliphatic carbocycles. The molecule has 3 N–H and O–H groups in total. The molecule has 0 saturated heterocycles. The predicted octanol–water partition coefficient (Wildman–Crippen LogP) is 0.993. The van der Waals surface area contributed by atoms with Gasteiger partial charge < -0.3 is 0 Å². The number of phenols is 1. The number of hydrogen-bond acceptors (Lipinski definition) is 7. The van der Waals surface area contributed by atoms with Gasteiger partial charge >= 0.3 is 156 Å². The summed E-state index contributed by atoms with van der Waals surface area (Å²) in [7, 11) is 0. The standard InChI is InChI=1S/C16H15AsN2O8/c1-9-3-5-12(14(7-9)19(25)26)16(22)27-17(23,24)11-4-6-15(21)13(8-11)18-10(2)20/h3-8,21H,1-2H3,(H,18,20)(H,23,24). The zero-order valence-corrected chi connectivity index (χ0v) is 16.1. The van der Waals surface area contributed by atoms with Gasteiger partial charge in [-0.25, -0.2) is 0 Å². The van der Waals surface area contributed by atoms with E-state index in [1.54, 1.807) is 6.92 Å². The van der Waals surface area contributed by atoms with Gasteiger partial charge in [0.15, 0.2) is 0 Å². The summed E-state index contributed by atoms with van der Waals surface area (Å²) in [6.07, 6.45) is 0. The first kappa shape index (κ1) is 20.2. The molecule has 0 radical (unpaired) electrons. The van der Waals surface area contributed by atoms with Gasteiger partial charge in [0.2, 0.25) is 0 Å². The Kier molecular flexibility index (Phi) is 5.72. The number of benzene rings is 2. The number of aryl methyl sites for hydroxylation is 1. The monoisotopic (exact) mass is 438 g/mol. The fourth-order valence-corrected chi connectivity index (χ4v) is 4.23. The summed E-state index contributed by atoms with van der Waals surface area (Å²) in [6, 6.07) is 6.79. The summed E-state index contributed by atoms with van der Waals surface area (Å²) >= 11 is -5.48. The fourth-order valence-electron chi connectivity index (χ4n) is 2.17. The van der Waals surface area contributed by atoms with Crippen molar-refractivity contribution in [3.8, 4) is 5.75 Å². The number of anilines is 1. The molecule has 0 aliphatic heterocycles. The van der Waals surface area contributed by atoms with Crippen molar-refractivity contribution in [3.05, 3.63) is 57.6 Å². The number of nitro benzene ring substituents is 1. The minimum absolute atomic E-state index is 0.145. The molecule has 2 rings (SSSR count). The molecule has 2 aromatic carbocycles. The van der Waals surface area contributed by atoms with Gasteiger partial charge in [0.25, 0.3) is 0 Å². The number of carbonyl (C=O) groups excluding carboxylic acids is 2. The molecular weight excluding hydrogens is 423 g/mol. The van der Waals surface area contributed by atoms with Gasteiger partial charge in [-0.05, 0) is 0 Å². The molecular formula is C16H15AsN2O8. The number of amides is 1. The number of nitrogens with zero attached hydrogens (tertiary/aromatic N) is 1. The first-order valence-corrected chi connectivity index (χ1v) is 10.7. The normalized spacial score (nSPS) is 12.7. The van der Waals surface area contributed by atoms with Crippen LogP contribution in [0.15, 0.2) is 36.4 Å². The zero-order chi connectivity index (χ0) is 20.4. The number of phenolic OH excluding ortho intramolecular Hbond substituents is 1. The quantitative estimate of drug-likeness (QED) is 0.270. The van der Waals surface area contributed by atoms with Crippen molar-refractivity contribution in [2.45, 2.75) is 13.8 Å². The van der Waals surface area contributed by atoms with Gasteiger partial charge in [-0.15, -0.1) is 0 Å². The second-order valence-corrected chi connectivity index (χ2v) is 9.21. The number of carbonyl (C=O) groups is 2. The van der Waals surface area contributed by atoms with Crippen LogP contribution in [0.2, 0.25) is 0 Å². The summed E-state index contributed by atoms with van der Waals surface area (Å²) in [6.45, 7) is 2.76. The van der Waals surface area contributed by atoms with Gasteiger partial charge in [0, 0.05) is 0 Å². The number of hydrogen-bond donors (Lipinski definition) is 3. The third kappa shape index (κ3) is 4.75. The molecule has 0 spiro atoms. The van der Waals surface area contributed by atoms with Crippen LogP contribution in [-0.2, 0) is 12.3 Å². The van der Waals surface area contributed by atoms with E-state index in [0.717, 1.165) is 30.3 Å². The average molecular weight is 438 g/mol. The summed E-state index contributed by atoms with van der Waals surface area (Å²) in [5, 5.41) is 23.0. The topological polar surface area (TPSA) is 156 Å². The van der Waals surface area contributed by atoms with E-state index in [1.807, 2.05) is 0 Å². The molecule has 142 valence electrons. The van der Waals surface area contributed by atoms with E-state index in [1.165, 1.54) is 13.0 Å². The van der Waals surface area contributed by atoms with E-state index < -0.39 is 42.2 Å². The Morgan fingerprint density at radius 3 is 2.48 bits per heavy atom. The molecule has 1 atom stereocenters. The van der Waals surface area contributed by atoms with E-state index in [0.29, 0.717) is 5.56 Å². The predicted molar refractivity (Wildman–Crippen MR) is 94.0 cm³/mol. The van der Waals surface area contributed by atoms with Gasteiger partial charge in [0.1, 0.15) is 0 Å². The summed E-state index contributed by atoms with van der Waals surface area (Å²) in [4.78, 5) is 33.7. The van der Waals surface area contributed by atoms with Gasteiger partial charge in [-0.2, -0.15) is 0 Å². The first-order valence-electron chi connectivity index (χ1n) is 7.44. The van der Waals surface area contributed by atoms with Crippen LogP contribution in [0.4, 0.5) is 11.4 Å². The molecule has 11 heteroatoms. The van der Waals surface area contributed by atoms with E-state index in [2.05, 4.69) is 9.04 Å². The SMILES string of the molecule is CC(=O)Nc1cc([As](=O)(O)OC(=O)c2ccc(C)cc2[N+](=O)[O-])ccc1O. The third-order valence-corrected chi connectivity index (χ3v) is 6.21. The third-order valence-electron chi connectivity index (χ3n) is 3.39. The first-order chi connectivity index (χ1) is 12.5. The van der Waals surface area contributed by atoms with Crippen LogP contribution in [0.1, 0.15) is 22.8 Å². The van der Waals surface area contributed by atoms with Crippen LogP contribution in [0, 0.1) is 17.0 Å². The van der Waals surface area contributed by atoms with Crippen LogP contribution in [-0.4, -0.2) is 40.2 Å². The van der Waals surface area contributed by atoms with E-state index in [-0.39, 0.29) is 15.8 Å². The Morgan fingerprint density at radius 1 is 1.22 bits per heavy atom. The Hall–Kier alpha value is -3.10. The Balaban J connectivity index is 2.37. The van der Waals surface area contributed by atoms with Crippen LogP contribution < -0.4 is 9.67 Å². The average Bonchev–Trinajstić information content (AvgIpc) is 2.55. The van der Waals surface area contributed by atoms with Crippen molar-refractivity contribution in [1.29, 1.82) is 0 Å². The van der Waals surface area contributed by atoms with Gasteiger partial charge in [0.05, 0.1) is 0 Å². The van der Waals surface area contributed by atoms with E-state index >= 15 is 0 Å². The molecule has 27 heavy (non-hydrogen) atoms. The minimum atomic E-state index is -5.48. The molecule has 0 heterocycles. The maximum atomic E-state index is 12.5. The van der Waals surface area contributed by atoms with Crippen LogP contribution >= 0.6 is 0 Å². The van der Waals surface area contributed by atoms with Crippen molar-refractivity contribution in [3.63, 3.8) is 0 Å². The van der Waals surface area contributed by atoms with Crippen LogP contribution in [0.5, 0.6) is 5.75 Å². The molecule has 1 unspecified atom stereocenters. The molecule has 0 aromatic heterocycles. The number of nitro groups is 1. The maximum absolute atomic E-state index is 12.5. The fraction of sp³-hybridized carbons (Fsp3) is 0.125. The van der Waals surface area contributed by atoms with Crippen LogP contribution in [0.25, 0.3) is 0 Å². The summed E-state index contributed by atoms with van der Waals surface area (Å²) in [5.74, 6) is -2.22. The zero-order valence-electron chi connectivity index (χ0n) is 14.2. The Labute approximate surface area is 155 Å². The molecule has 0 bridgehead atoms. The van der Waals surface area contributed by atoms with Gasteiger partial charge in [-0.3, -0.25) is 0 Å². The molecule has 0 fully saturated rings. The summed E-state index contributed by atoms with van der Waals surface area (Å²) < 4.78 is 27.0. The number of rotatable bonds is 5. The molecule has 1 amide bonds. The molecule has 0 aliphatic rings. The second-order valence-electron chi connectivity index (χ2n) is 5.56. The number of aromatic hydroxyl groups is 1. The van der Waals surface area contributed by atoms with Crippen molar-refractivity contribution >= 4 is 41.8 Å². The van der Waals surface area contributed by atoms with Crippen molar-refractivity contribution in [2.75, 3.05) is 5.32 Å². The molecule has 0 saturated carbocycles. The van der Waals surface area contributed by atoms with Gasteiger partial charge in [-0.1, -0.05) is 0 Å². The molecule has 10 nitrogen and oxygen atoms in total. The van der Waals surface area contributed by atoms with Crippen LogP contribution in [0.3, 0.4) is 0 Å². The molecule has 2 aromatic rings. The van der Waals surface area contributed by atoms with Crippen molar-refractivity contribution < 1.29 is 31.2 Å². The Bertz CT molecular complexity index is 988.